The smallest absolute Gasteiger partial charge is 0.267 e. The third-order valence-corrected chi connectivity index (χ3v) is 5.37. The summed E-state index contributed by atoms with van der Waals surface area (Å²) in [7, 11) is 0. The lowest BCUT2D eigenvalue weighted by Crippen LogP contribution is -2.11. The summed E-state index contributed by atoms with van der Waals surface area (Å²) in [6.07, 6.45) is 0. The predicted molar refractivity (Wildman–Crippen MR) is 107 cm³/mol. The lowest BCUT2D eigenvalue weighted by atomic mass is 10.2. The van der Waals surface area contributed by atoms with Gasteiger partial charge in [0.1, 0.15) is 22.2 Å². The van der Waals surface area contributed by atoms with Gasteiger partial charge in [-0.25, -0.2) is 4.98 Å². The molecule has 0 atom stereocenters. The molecule has 2 aromatic carbocycles. The summed E-state index contributed by atoms with van der Waals surface area (Å²) in [5.74, 6) is 0.597. The van der Waals surface area contributed by atoms with E-state index in [9.17, 15) is 4.79 Å². The van der Waals surface area contributed by atoms with Crippen molar-refractivity contribution in [2.75, 3.05) is 5.32 Å². The number of aromatic nitrogens is 1. The molecule has 0 saturated heterocycles. The Kier molecular flexibility index (Phi) is 5.59. The predicted octanol–water partition coefficient (Wildman–Crippen LogP) is 5.55. The van der Waals surface area contributed by atoms with Crippen LogP contribution in [0.15, 0.2) is 42.5 Å². The van der Waals surface area contributed by atoms with Crippen LogP contribution in [0, 0.1) is 20.8 Å². The molecule has 0 aliphatic heterocycles. The van der Waals surface area contributed by atoms with Crippen molar-refractivity contribution in [3.8, 4) is 5.75 Å². The van der Waals surface area contributed by atoms with Gasteiger partial charge in [0.2, 0.25) is 0 Å². The third-order valence-electron chi connectivity index (χ3n) is 3.83. The number of hydrogen-bond acceptors (Lipinski definition) is 4. The van der Waals surface area contributed by atoms with E-state index in [4.69, 9.17) is 16.3 Å². The number of thiazole rings is 1. The second-order valence-electron chi connectivity index (χ2n) is 6.05. The molecule has 4 nitrogen and oxygen atoms in total. The molecule has 0 bridgehead atoms. The Labute approximate surface area is 161 Å². The minimum absolute atomic E-state index is 0.193. The number of aryl methyl sites for hydroxylation is 3. The average molecular weight is 387 g/mol. The Morgan fingerprint density at radius 1 is 1.19 bits per heavy atom. The normalized spacial score (nSPS) is 10.6. The van der Waals surface area contributed by atoms with Crippen LogP contribution in [0.3, 0.4) is 0 Å². The number of benzene rings is 2. The van der Waals surface area contributed by atoms with Crippen molar-refractivity contribution >= 4 is 34.5 Å². The second-order valence-corrected chi connectivity index (χ2v) is 7.54. The number of carbonyl (C=O) groups excluding carboxylic acids is 1. The SMILES string of the molecule is Cc1cccc(OCc2nc(C)c(C(=O)Nc3ccc(C)c(Cl)c3)s2)c1. The minimum Gasteiger partial charge on any atom is -0.486 e. The van der Waals surface area contributed by atoms with Gasteiger partial charge in [0.25, 0.3) is 5.91 Å². The largest absolute Gasteiger partial charge is 0.486 e. The van der Waals surface area contributed by atoms with Crippen LogP contribution in [-0.4, -0.2) is 10.9 Å². The molecule has 134 valence electrons. The summed E-state index contributed by atoms with van der Waals surface area (Å²) in [5.41, 5.74) is 3.45. The molecule has 0 saturated carbocycles. The van der Waals surface area contributed by atoms with Gasteiger partial charge in [0.15, 0.2) is 0 Å². The van der Waals surface area contributed by atoms with Crippen LogP contribution in [0.4, 0.5) is 5.69 Å². The fourth-order valence-electron chi connectivity index (χ4n) is 2.43. The lowest BCUT2D eigenvalue weighted by molar-refractivity contribution is 0.103. The van der Waals surface area contributed by atoms with Crippen molar-refractivity contribution in [1.82, 2.24) is 4.98 Å². The fraction of sp³-hybridized carbons (Fsp3) is 0.200. The highest BCUT2D eigenvalue weighted by Gasteiger charge is 2.16. The van der Waals surface area contributed by atoms with Crippen molar-refractivity contribution in [3.63, 3.8) is 0 Å². The van der Waals surface area contributed by atoms with Crippen LogP contribution < -0.4 is 10.1 Å². The van der Waals surface area contributed by atoms with Crippen LogP contribution in [0.25, 0.3) is 0 Å². The average Bonchev–Trinajstić information content (AvgIpc) is 2.97. The quantitative estimate of drug-likeness (QED) is 0.625. The van der Waals surface area contributed by atoms with Crippen molar-refractivity contribution < 1.29 is 9.53 Å². The van der Waals surface area contributed by atoms with Crippen LogP contribution in [0.5, 0.6) is 5.75 Å². The van der Waals surface area contributed by atoms with Gasteiger partial charge in [-0.3, -0.25) is 4.79 Å². The number of nitrogens with zero attached hydrogens (tertiary/aromatic N) is 1. The molecule has 26 heavy (non-hydrogen) atoms. The van der Waals surface area contributed by atoms with Gasteiger partial charge in [0.05, 0.1) is 5.69 Å². The summed E-state index contributed by atoms with van der Waals surface area (Å²) in [6.45, 7) is 6.09. The number of hydrogen-bond donors (Lipinski definition) is 1. The first-order chi connectivity index (χ1) is 12.4. The molecule has 0 fully saturated rings. The van der Waals surface area contributed by atoms with E-state index in [-0.39, 0.29) is 5.91 Å². The number of anilines is 1. The third kappa shape index (κ3) is 4.42. The van der Waals surface area contributed by atoms with E-state index in [0.717, 1.165) is 21.9 Å². The Morgan fingerprint density at radius 3 is 2.73 bits per heavy atom. The second kappa shape index (κ2) is 7.89. The molecule has 0 radical (unpaired) electrons. The zero-order valence-electron chi connectivity index (χ0n) is 14.8. The minimum atomic E-state index is -0.193. The zero-order valence-corrected chi connectivity index (χ0v) is 16.4. The van der Waals surface area contributed by atoms with E-state index in [2.05, 4.69) is 10.3 Å². The molecule has 1 amide bonds. The van der Waals surface area contributed by atoms with Crippen molar-refractivity contribution in [3.05, 3.63) is 74.2 Å². The molecule has 1 heterocycles. The molecule has 1 aromatic heterocycles. The summed E-state index contributed by atoms with van der Waals surface area (Å²) < 4.78 is 5.77. The van der Waals surface area contributed by atoms with Gasteiger partial charge in [-0.05, 0) is 56.2 Å². The first kappa shape index (κ1) is 18.4. The first-order valence-electron chi connectivity index (χ1n) is 8.15. The Balaban J connectivity index is 1.68. The first-order valence-corrected chi connectivity index (χ1v) is 9.35. The Hall–Kier alpha value is -2.37. The van der Waals surface area contributed by atoms with Gasteiger partial charge < -0.3 is 10.1 Å². The van der Waals surface area contributed by atoms with E-state index in [1.54, 1.807) is 6.07 Å². The standard InChI is InChI=1S/C20H19ClN2O2S/c1-12-5-4-6-16(9-12)25-11-18-22-14(3)19(26-18)20(24)23-15-8-7-13(2)17(21)10-15/h4-10H,11H2,1-3H3,(H,23,24). The summed E-state index contributed by atoms with van der Waals surface area (Å²) in [5, 5.41) is 4.25. The molecular formula is C20H19ClN2O2S. The van der Waals surface area contributed by atoms with E-state index in [0.29, 0.717) is 27.9 Å². The molecule has 3 aromatic rings. The zero-order chi connectivity index (χ0) is 18.7. The van der Waals surface area contributed by atoms with Crippen LogP contribution in [0.2, 0.25) is 5.02 Å². The fourth-order valence-corrected chi connectivity index (χ4v) is 3.49. The molecule has 1 N–H and O–H groups in total. The molecule has 0 spiro atoms. The van der Waals surface area contributed by atoms with Gasteiger partial charge in [0, 0.05) is 10.7 Å². The summed E-state index contributed by atoms with van der Waals surface area (Å²) in [6, 6.07) is 13.3. The molecular weight excluding hydrogens is 368 g/mol. The van der Waals surface area contributed by atoms with E-state index in [1.165, 1.54) is 11.3 Å². The van der Waals surface area contributed by atoms with E-state index < -0.39 is 0 Å². The molecule has 0 aliphatic rings. The Morgan fingerprint density at radius 2 is 2.00 bits per heavy atom. The molecule has 3 rings (SSSR count). The maximum atomic E-state index is 12.5. The highest BCUT2D eigenvalue weighted by atomic mass is 35.5. The van der Waals surface area contributed by atoms with Crippen LogP contribution >= 0.6 is 22.9 Å². The maximum absolute atomic E-state index is 12.5. The van der Waals surface area contributed by atoms with Crippen molar-refractivity contribution in [2.24, 2.45) is 0 Å². The monoisotopic (exact) mass is 386 g/mol. The molecule has 0 aliphatic carbocycles. The number of nitrogens with one attached hydrogen (secondary N) is 1. The van der Waals surface area contributed by atoms with Gasteiger partial charge in [-0.1, -0.05) is 29.8 Å². The highest BCUT2D eigenvalue weighted by molar-refractivity contribution is 7.13. The number of amides is 1. The van der Waals surface area contributed by atoms with Gasteiger partial charge >= 0.3 is 0 Å². The summed E-state index contributed by atoms with van der Waals surface area (Å²) >= 11 is 7.45. The molecule has 0 unspecified atom stereocenters. The van der Waals surface area contributed by atoms with Crippen LogP contribution in [-0.2, 0) is 6.61 Å². The molecule has 6 heteroatoms. The number of rotatable bonds is 5. The number of carbonyl (C=O) groups is 1. The number of halogens is 1. The maximum Gasteiger partial charge on any atom is 0.267 e. The van der Waals surface area contributed by atoms with E-state index >= 15 is 0 Å². The van der Waals surface area contributed by atoms with Gasteiger partial charge in [-0.15, -0.1) is 11.3 Å². The van der Waals surface area contributed by atoms with Crippen molar-refractivity contribution in [2.45, 2.75) is 27.4 Å². The van der Waals surface area contributed by atoms with Gasteiger partial charge in [-0.2, -0.15) is 0 Å². The van der Waals surface area contributed by atoms with Crippen LogP contribution in [0.1, 0.15) is 31.5 Å². The van der Waals surface area contributed by atoms with E-state index in [1.807, 2.05) is 57.2 Å². The lowest BCUT2D eigenvalue weighted by Gasteiger charge is -2.06. The Bertz CT molecular complexity index is 953. The highest BCUT2D eigenvalue weighted by Crippen LogP contribution is 2.24. The number of ether oxygens (including phenoxy) is 1. The van der Waals surface area contributed by atoms with Crippen molar-refractivity contribution in [1.29, 1.82) is 0 Å². The summed E-state index contributed by atoms with van der Waals surface area (Å²) in [4.78, 5) is 17.6. The topological polar surface area (TPSA) is 51.2 Å².